The minimum atomic E-state index is -1.20. The first-order valence-electron chi connectivity index (χ1n) is 7.33. The van der Waals surface area contributed by atoms with Crippen molar-refractivity contribution in [1.82, 2.24) is 0 Å². The minimum Gasteiger partial charge on any atom is -0.494 e. The van der Waals surface area contributed by atoms with E-state index in [1.54, 1.807) is 24.3 Å². The second-order valence-electron chi connectivity index (χ2n) is 5.09. The van der Waals surface area contributed by atoms with Crippen molar-refractivity contribution < 1.29 is 28.9 Å². The summed E-state index contributed by atoms with van der Waals surface area (Å²) in [6, 6.07) is 6.83. The minimum absolute atomic E-state index is 0. The fourth-order valence-corrected chi connectivity index (χ4v) is 2.65. The Morgan fingerprint density at radius 2 is 2.00 bits per heavy atom. The second kappa shape index (κ2) is 8.75. The molecular formula is C17H20INO6. The van der Waals surface area contributed by atoms with E-state index in [4.69, 9.17) is 19.9 Å². The lowest BCUT2D eigenvalue weighted by atomic mass is 9.82. The van der Waals surface area contributed by atoms with Crippen LogP contribution in [0.3, 0.4) is 0 Å². The Kier molecular flexibility index (Phi) is 7.28. The molecule has 0 saturated heterocycles. The van der Waals surface area contributed by atoms with Gasteiger partial charge in [0.25, 0.3) is 0 Å². The molecule has 25 heavy (non-hydrogen) atoms. The number of halogens is 1. The number of aliphatic carboxylic acids is 1. The Balaban J connectivity index is 0.00000312. The van der Waals surface area contributed by atoms with Crippen molar-refractivity contribution >= 4 is 35.9 Å². The average Bonchev–Trinajstić information content (AvgIpc) is 2.53. The number of carbonyl (C=O) groups is 2. The van der Waals surface area contributed by atoms with E-state index in [-0.39, 0.29) is 46.8 Å². The molecule has 1 aliphatic heterocycles. The van der Waals surface area contributed by atoms with E-state index in [0.29, 0.717) is 17.9 Å². The van der Waals surface area contributed by atoms with Gasteiger partial charge in [-0.05, 0) is 31.5 Å². The molecule has 1 heterocycles. The van der Waals surface area contributed by atoms with Crippen LogP contribution in [0.1, 0.15) is 25.3 Å². The highest BCUT2D eigenvalue weighted by Gasteiger charge is 2.39. The third-order valence-electron chi connectivity index (χ3n) is 3.62. The Bertz CT molecular complexity index is 740. The monoisotopic (exact) mass is 461 g/mol. The maximum atomic E-state index is 12.2. The summed E-state index contributed by atoms with van der Waals surface area (Å²) in [5, 5.41) is 9.59. The van der Waals surface area contributed by atoms with Crippen molar-refractivity contribution in [2.24, 2.45) is 5.73 Å². The summed E-state index contributed by atoms with van der Waals surface area (Å²) < 4.78 is 15.4. The first-order valence-corrected chi connectivity index (χ1v) is 7.33. The highest BCUT2D eigenvalue weighted by atomic mass is 127. The van der Waals surface area contributed by atoms with Crippen molar-refractivity contribution in [3.8, 4) is 5.75 Å². The summed E-state index contributed by atoms with van der Waals surface area (Å²) in [6.07, 6.45) is 0. The Labute approximate surface area is 162 Å². The lowest BCUT2D eigenvalue weighted by Gasteiger charge is -2.27. The van der Waals surface area contributed by atoms with Gasteiger partial charge in [0.1, 0.15) is 17.1 Å². The van der Waals surface area contributed by atoms with Gasteiger partial charge < -0.3 is 25.1 Å². The van der Waals surface area contributed by atoms with E-state index >= 15 is 0 Å². The lowest BCUT2D eigenvalue weighted by molar-refractivity contribution is -0.136. The number of carboxylic acids is 1. The van der Waals surface area contributed by atoms with Crippen LogP contribution in [0.2, 0.25) is 0 Å². The van der Waals surface area contributed by atoms with Crippen LogP contribution in [0, 0.1) is 0 Å². The number of hydrogen-bond donors (Lipinski definition) is 2. The Hall–Kier alpha value is -2.23. The third kappa shape index (κ3) is 4.25. The van der Waals surface area contributed by atoms with E-state index in [2.05, 4.69) is 0 Å². The molecule has 1 aliphatic rings. The van der Waals surface area contributed by atoms with E-state index in [9.17, 15) is 14.7 Å². The maximum Gasteiger partial charge on any atom is 0.340 e. The van der Waals surface area contributed by atoms with Gasteiger partial charge in [-0.3, -0.25) is 0 Å². The first kappa shape index (κ1) is 20.8. The molecular weight excluding hydrogens is 441 g/mol. The van der Waals surface area contributed by atoms with Gasteiger partial charge in [-0.1, -0.05) is 12.1 Å². The van der Waals surface area contributed by atoms with Crippen LogP contribution in [-0.4, -0.2) is 30.8 Å². The van der Waals surface area contributed by atoms with Gasteiger partial charge in [-0.25, -0.2) is 9.59 Å². The molecule has 0 radical (unpaired) electrons. The molecule has 1 unspecified atom stereocenters. The molecule has 0 aromatic heterocycles. The molecule has 0 fully saturated rings. The van der Waals surface area contributed by atoms with E-state index in [1.807, 2.05) is 6.92 Å². The van der Waals surface area contributed by atoms with E-state index in [0.717, 1.165) is 0 Å². The smallest absolute Gasteiger partial charge is 0.340 e. The van der Waals surface area contributed by atoms with Crippen molar-refractivity contribution in [1.29, 1.82) is 0 Å². The van der Waals surface area contributed by atoms with Gasteiger partial charge in [-0.2, -0.15) is 0 Å². The fraction of sp³-hybridized carbons (Fsp3) is 0.294. The molecule has 0 amide bonds. The lowest BCUT2D eigenvalue weighted by Crippen LogP contribution is -2.29. The fourth-order valence-electron chi connectivity index (χ4n) is 2.65. The van der Waals surface area contributed by atoms with Crippen LogP contribution >= 0.6 is 24.0 Å². The maximum absolute atomic E-state index is 12.2. The zero-order valence-corrected chi connectivity index (χ0v) is 16.4. The normalized spacial score (nSPS) is 16.7. The van der Waals surface area contributed by atoms with Crippen LogP contribution in [-0.2, 0) is 19.1 Å². The van der Waals surface area contributed by atoms with Gasteiger partial charge >= 0.3 is 11.9 Å². The SMILES string of the molecule is CCOc1cccc(C2C(C(=O)O)=C(C)OC(N)=C2C(=O)OC)c1.I. The number of carboxylic acid groups (broad SMARTS) is 1. The Morgan fingerprint density at radius 1 is 1.32 bits per heavy atom. The molecule has 0 aliphatic carbocycles. The van der Waals surface area contributed by atoms with Gasteiger partial charge in [0.15, 0.2) is 0 Å². The molecule has 2 rings (SSSR count). The quantitative estimate of drug-likeness (QED) is 0.513. The molecule has 3 N–H and O–H groups in total. The number of carbonyl (C=O) groups excluding carboxylic acids is 1. The van der Waals surface area contributed by atoms with Crippen molar-refractivity contribution in [2.45, 2.75) is 19.8 Å². The largest absolute Gasteiger partial charge is 0.494 e. The predicted octanol–water partition coefficient (Wildman–Crippen LogP) is 2.52. The third-order valence-corrected chi connectivity index (χ3v) is 3.62. The standard InChI is InChI=1S/C17H19NO6.HI/c1-4-23-11-7-5-6-10(8-11)13-12(16(19)20)9(2)24-15(18)14(13)17(21)22-3;/h5-8,13H,4,18H2,1-3H3,(H,19,20);1H. The molecule has 0 bridgehead atoms. The highest BCUT2D eigenvalue weighted by Crippen LogP contribution is 2.40. The topological polar surface area (TPSA) is 108 Å². The molecule has 8 heteroatoms. The van der Waals surface area contributed by atoms with Crippen LogP contribution in [0.5, 0.6) is 5.75 Å². The van der Waals surface area contributed by atoms with Crippen LogP contribution in [0.25, 0.3) is 0 Å². The summed E-state index contributed by atoms with van der Waals surface area (Å²) in [5.41, 5.74) is 6.26. The summed E-state index contributed by atoms with van der Waals surface area (Å²) in [4.78, 5) is 23.9. The summed E-state index contributed by atoms with van der Waals surface area (Å²) in [6.45, 7) is 3.79. The van der Waals surface area contributed by atoms with Gasteiger partial charge in [0.05, 0.1) is 25.2 Å². The number of ether oxygens (including phenoxy) is 3. The van der Waals surface area contributed by atoms with Crippen molar-refractivity contribution in [2.75, 3.05) is 13.7 Å². The molecule has 0 saturated carbocycles. The van der Waals surface area contributed by atoms with Gasteiger partial charge in [0, 0.05) is 0 Å². The number of rotatable bonds is 5. The zero-order chi connectivity index (χ0) is 17.9. The zero-order valence-electron chi connectivity index (χ0n) is 14.1. The van der Waals surface area contributed by atoms with Crippen LogP contribution in [0.4, 0.5) is 0 Å². The Morgan fingerprint density at radius 3 is 2.56 bits per heavy atom. The van der Waals surface area contributed by atoms with Gasteiger partial charge in [-0.15, -0.1) is 24.0 Å². The highest BCUT2D eigenvalue weighted by molar-refractivity contribution is 14.0. The molecule has 1 atom stereocenters. The molecule has 1 aromatic rings. The van der Waals surface area contributed by atoms with Crippen molar-refractivity contribution in [3.63, 3.8) is 0 Å². The van der Waals surface area contributed by atoms with E-state index in [1.165, 1.54) is 14.0 Å². The number of hydrogen-bond acceptors (Lipinski definition) is 6. The van der Waals surface area contributed by atoms with Crippen LogP contribution in [0.15, 0.2) is 47.1 Å². The number of esters is 1. The molecule has 7 nitrogen and oxygen atoms in total. The van der Waals surface area contributed by atoms with Crippen LogP contribution < -0.4 is 10.5 Å². The summed E-state index contributed by atoms with van der Waals surface area (Å²) >= 11 is 0. The van der Waals surface area contributed by atoms with E-state index < -0.39 is 17.9 Å². The predicted molar refractivity (Wildman–Crippen MR) is 100 cm³/mol. The molecule has 0 spiro atoms. The number of nitrogens with two attached hydrogens (primary N) is 1. The molecule has 136 valence electrons. The number of benzene rings is 1. The summed E-state index contributed by atoms with van der Waals surface area (Å²) in [7, 11) is 1.20. The summed E-state index contributed by atoms with van der Waals surface area (Å²) in [5.74, 6) is -2.34. The number of allylic oxidation sites excluding steroid dienone is 1. The van der Waals surface area contributed by atoms with Crippen molar-refractivity contribution in [3.05, 3.63) is 52.6 Å². The second-order valence-corrected chi connectivity index (χ2v) is 5.09. The first-order chi connectivity index (χ1) is 11.4. The van der Waals surface area contributed by atoms with Gasteiger partial charge in [0.2, 0.25) is 5.88 Å². The number of methoxy groups -OCH3 is 1. The average molecular weight is 461 g/mol. The molecule has 1 aromatic carbocycles.